The lowest BCUT2D eigenvalue weighted by atomic mass is 10.1. The van der Waals surface area contributed by atoms with E-state index in [4.69, 9.17) is 0 Å². The van der Waals surface area contributed by atoms with Crippen LogP contribution in [0.3, 0.4) is 0 Å². The third-order valence-electron chi connectivity index (χ3n) is 5.43. The highest BCUT2D eigenvalue weighted by Gasteiger charge is 2.27. The first-order chi connectivity index (χ1) is 12.1. The summed E-state index contributed by atoms with van der Waals surface area (Å²) in [7, 11) is 2.14. The van der Waals surface area contributed by atoms with E-state index in [2.05, 4.69) is 34.1 Å². The quantitative estimate of drug-likeness (QED) is 0.892. The molecule has 2 amide bonds. The number of carbonyl (C=O) groups is 1. The van der Waals surface area contributed by atoms with Crippen LogP contribution in [0, 0.1) is 12.8 Å². The lowest BCUT2D eigenvalue weighted by Crippen LogP contribution is -2.34. The van der Waals surface area contributed by atoms with Crippen molar-refractivity contribution in [1.29, 1.82) is 0 Å². The maximum absolute atomic E-state index is 12.6. The molecule has 1 aromatic rings. The van der Waals surface area contributed by atoms with E-state index in [0.717, 1.165) is 62.9 Å². The lowest BCUT2D eigenvalue weighted by molar-refractivity contribution is 0.218. The molecule has 0 aromatic carbocycles. The van der Waals surface area contributed by atoms with Crippen molar-refractivity contribution in [2.45, 2.75) is 33.1 Å². The zero-order valence-electron chi connectivity index (χ0n) is 15.8. The van der Waals surface area contributed by atoms with Crippen LogP contribution in [0.25, 0.3) is 0 Å². The normalized spacial score (nSPS) is 20.6. The molecule has 25 heavy (non-hydrogen) atoms. The molecule has 2 fully saturated rings. The summed E-state index contributed by atoms with van der Waals surface area (Å²) in [5.74, 6) is 1.60. The number of rotatable bonds is 5. The standard InChI is InChI=1S/C19H31N5O/c1-4-22(3)13-16-9-12-24(14-16)19(25)21-17-7-8-18(20-15(17)2)23-10-5-6-11-23/h7-8,16H,4-6,9-14H2,1-3H3,(H,21,25). The van der Waals surface area contributed by atoms with Crippen molar-refractivity contribution >= 4 is 17.5 Å². The Morgan fingerprint density at radius 2 is 2.08 bits per heavy atom. The Morgan fingerprint density at radius 1 is 1.32 bits per heavy atom. The molecule has 3 rings (SSSR count). The van der Waals surface area contributed by atoms with Gasteiger partial charge in [-0.1, -0.05) is 6.92 Å². The van der Waals surface area contributed by atoms with E-state index in [-0.39, 0.29) is 6.03 Å². The average Bonchev–Trinajstić information content (AvgIpc) is 3.28. The van der Waals surface area contributed by atoms with Gasteiger partial charge >= 0.3 is 6.03 Å². The molecular weight excluding hydrogens is 314 g/mol. The number of nitrogens with zero attached hydrogens (tertiary/aromatic N) is 4. The van der Waals surface area contributed by atoms with Gasteiger partial charge in [-0.25, -0.2) is 9.78 Å². The van der Waals surface area contributed by atoms with Gasteiger partial charge in [0, 0.05) is 32.7 Å². The highest BCUT2D eigenvalue weighted by Crippen LogP contribution is 2.23. The Kier molecular flexibility index (Phi) is 5.78. The van der Waals surface area contributed by atoms with Gasteiger partial charge in [0.15, 0.2) is 0 Å². The van der Waals surface area contributed by atoms with Crippen molar-refractivity contribution in [2.75, 3.05) is 56.5 Å². The molecule has 2 aliphatic heterocycles. The molecule has 1 unspecified atom stereocenters. The molecule has 138 valence electrons. The first kappa shape index (κ1) is 18.0. The predicted molar refractivity (Wildman–Crippen MR) is 102 cm³/mol. The average molecular weight is 345 g/mol. The van der Waals surface area contributed by atoms with Crippen molar-refractivity contribution < 1.29 is 4.79 Å². The molecular formula is C19H31N5O. The summed E-state index contributed by atoms with van der Waals surface area (Å²) in [5, 5.41) is 3.05. The van der Waals surface area contributed by atoms with Crippen LogP contribution in [0.2, 0.25) is 0 Å². The van der Waals surface area contributed by atoms with Gasteiger partial charge in [0.2, 0.25) is 0 Å². The fourth-order valence-corrected chi connectivity index (χ4v) is 3.73. The molecule has 1 atom stereocenters. The van der Waals surface area contributed by atoms with E-state index < -0.39 is 0 Å². The maximum Gasteiger partial charge on any atom is 0.321 e. The predicted octanol–water partition coefficient (Wildman–Crippen LogP) is 2.80. The Bertz CT molecular complexity index is 599. The third-order valence-corrected chi connectivity index (χ3v) is 5.43. The Balaban J connectivity index is 1.56. The molecule has 6 heteroatoms. The number of hydrogen-bond acceptors (Lipinski definition) is 4. The van der Waals surface area contributed by atoms with Crippen LogP contribution in [0.4, 0.5) is 16.3 Å². The van der Waals surface area contributed by atoms with E-state index in [1.54, 1.807) is 0 Å². The molecule has 2 saturated heterocycles. The highest BCUT2D eigenvalue weighted by atomic mass is 16.2. The number of aromatic nitrogens is 1. The SMILES string of the molecule is CCN(C)CC1CCN(C(=O)Nc2ccc(N3CCCC3)nc2C)C1. The van der Waals surface area contributed by atoms with Crippen molar-refractivity contribution in [2.24, 2.45) is 5.92 Å². The van der Waals surface area contributed by atoms with Crippen LogP contribution in [-0.2, 0) is 0 Å². The number of anilines is 2. The zero-order chi connectivity index (χ0) is 17.8. The second-order valence-corrected chi connectivity index (χ2v) is 7.38. The number of amides is 2. The molecule has 2 aliphatic rings. The van der Waals surface area contributed by atoms with Gasteiger partial charge in [-0.05, 0) is 57.8 Å². The molecule has 0 bridgehead atoms. The number of likely N-dealkylation sites (tertiary alicyclic amines) is 1. The van der Waals surface area contributed by atoms with E-state index in [1.807, 2.05) is 24.0 Å². The molecule has 1 N–H and O–H groups in total. The molecule has 0 aliphatic carbocycles. The fourth-order valence-electron chi connectivity index (χ4n) is 3.73. The molecule has 3 heterocycles. The monoisotopic (exact) mass is 345 g/mol. The smallest absolute Gasteiger partial charge is 0.321 e. The summed E-state index contributed by atoms with van der Waals surface area (Å²) in [6.45, 7) is 10.1. The minimum absolute atomic E-state index is 0.000439. The number of nitrogens with one attached hydrogen (secondary N) is 1. The van der Waals surface area contributed by atoms with Crippen molar-refractivity contribution in [3.05, 3.63) is 17.8 Å². The Hall–Kier alpha value is -1.82. The number of hydrogen-bond donors (Lipinski definition) is 1. The van der Waals surface area contributed by atoms with Crippen LogP contribution >= 0.6 is 0 Å². The second kappa shape index (κ2) is 8.04. The Morgan fingerprint density at radius 3 is 2.76 bits per heavy atom. The van der Waals surface area contributed by atoms with Gasteiger partial charge in [0.1, 0.15) is 5.82 Å². The third kappa shape index (κ3) is 4.42. The topological polar surface area (TPSA) is 51.7 Å². The summed E-state index contributed by atoms with van der Waals surface area (Å²) in [4.78, 5) is 23.8. The van der Waals surface area contributed by atoms with Gasteiger partial charge in [-0.15, -0.1) is 0 Å². The fraction of sp³-hybridized carbons (Fsp3) is 0.684. The summed E-state index contributed by atoms with van der Waals surface area (Å²) >= 11 is 0. The number of aryl methyl sites for hydroxylation is 1. The second-order valence-electron chi connectivity index (χ2n) is 7.38. The maximum atomic E-state index is 12.6. The summed E-state index contributed by atoms with van der Waals surface area (Å²) in [6.07, 6.45) is 3.56. The Labute approximate surface area is 151 Å². The molecule has 0 spiro atoms. The van der Waals surface area contributed by atoms with Gasteiger partial charge in [0.25, 0.3) is 0 Å². The first-order valence-electron chi connectivity index (χ1n) is 9.54. The lowest BCUT2D eigenvalue weighted by Gasteiger charge is -2.21. The molecule has 1 aromatic heterocycles. The first-order valence-corrected chi connectivity index (χ1v) is 9.54. The highest BCUT2D eigenvalue weighted by molar-refractivity contribution is 5.90. The zero-order valence-corrected chi connectivity index (χ0v) is 15.8. The van der Waals surface area contributed by atoms with Crippen molar-refractivity contribution in [3.8, 4) is 0 Å². The minimum atomic E-state index is 0.000439. The van der Waals surface area contributed by atoms with Crippen LogP contribution in [0.5, 0.6) is 0 Å². The molecule has 0 radical (unpaired) electrons. The van der Waals surface area contributed by atoms with E-state index in [1.165, 1.54) is 12.8 Å². The minimum Gasteiger partial charge on any atom is -0.357 e. The number of urea groups is 1. The van der Waals surface area contributed by atoms with Gasteiger partial charge in [-0.3, -0.25) is 0 Å². The van der Waals surface area contributed by atoms with Gasteiger partial charge < -0.3 is 20.0 Å². The van der Waals surface area contributed by atoms with E-state index in [0.29, 0.717) is 5.92 Å². The van der Waals surface area contributed by atoms with Crippen LogP contribution < -0.4 is 10.2 Å². The van der Waals surface area contributed by atoms with Crippen LogP contribution in [0.15, 0.2) is 12.1 Å². The summed E-state index contributed by atoms with van der Waals surface area (Å²) < 4.78 is 0. The number of pyridine rings is 1. The van der Waals surface area contributed by atoms with E-state index >= 15 is 0 Å². The van der Waals surface area contributed by atoms with Crippen LogP contribution in [-0.4, -0.2) is 67.1 Å². The summed E-state index contributed by atoms with van der Waals surface area (Å²) in [5.41, 5.74) is 1.71. The number of carbonyl (C=O) groups excluding carboxylic acids is 1. The van der Waals surface area contributed by atoms with Crippen LogP contribution in [0.1, 0.15) is 31.9 Å². The summed E-state index contributed by atoms with van der Waals surface area (Å²) in [6, 6.07) is 4.02. The van der Waals surface area contributed by atoms with Crippen molar-refractivity contribution in [3.63, 3.8) is 0 Å². The largest absolute Gasteiger partial charge is 0.357 e. The van der Waals surface area contributed by atoms with Crippen molar-refractivity contribution in [1.82, 2.24) is 14.8 Å². The van der Waals surface area contributed by atoms with Gasteiger partial charge in [0.05, 0.1) is 11.4 Å². The molecule has 6 nitrogen and oxygen atoms in total. The van der Waals surface area contributed by atoms with Gasteiger partial charge in [-0.2, -0.15) is 0 Å². The van der Waals surface area contributed by atoms with E-state index in [9.17, 15) is 4.79 Å². The molecule has 0 saturated carbocycles.